The van der Waals surface area contributed by atoms with E-state index in [9.17, 15) is 9.00 Å². The monoisotopic (exact) mass is 508 g/mol. The molecular weight excluding hydrogens is 474 g/mol. The molecule has 0 aromatic heterocycles. The predicted molar refractivity (Wildman–Crippen MR) is 143 cm³/mol. The molecule has 1 amide bonds. The fourth-order valence-electron chi connectivity index (χ4n) is 4.30. The highest BCUT2D eigenvalue weighted by atomic mass is 32.2. The Kier molecular flexibility index (Phi) is 9.38. The Balaban J connectivity index is 0.000000375. The van der Waals surface area contributed by atoms with Crippen LogP contribution in [-0.4, -0.2) is 41.2 Å². The Morgan fingerprint density at radius 2 is 1.67 bits per heavy atom. The van der Waals surface area contributed by atoms with E-state index in [0.29, 0.717) is 22.2 Å². The number of hydrogen-bond acceptors (Lipinski definition) is 5. The Hall–Kier alpha value is -2.88. The second-order valence-corrected chi connectivity index (χ2v) is 10.2. The maximum Gasteiger partial charge on any atom is 0.255 e. The molecule has 1 saturated heterocycles. The predicted octanol–water partition coefficient (Wildman–Crippen LogP) is 4.15. The second-order valence-electron chi connectivity index (χ2n) is 9.15. The van der Waals surface area contributed by atoms with Crippen molar-refractivity contribution in [2.75, 3.05) is 25.1 Å². The molecule has 3 aromatic carbocycles. The third kappa shape index (κ3) is 7.56. The summed E-state index contributed by atoms with van der Waals surface area (Å²) in [5, 5.41) is 2.81. The van der Waals surface area contributed by atoms with Gasteiger partial charge in [0.05, 0.1) is 0 Å². The number of amides is 1. The first-order valence-electron chi connectivity index (χ1n) is 12.3. The Labute approximate surface area is 214 Å². The molecule has 3 aromatic rings. The number of fused-ring (bicyclic) bond motifs is 1. The normalized spacial score (nSPS) is 16.8. The number of anilines is 1. The summed E-state index contributed by atoms with van der Waals surface area (Å²) in [6, 6.07) is 23.0. The number of carbonyl (C=O) groups excluding carboxylic acids is 1. The van der Waals surface area contributed by atoms with Gasteiger partial charge in [-0.2, -0.15) is 4.55 Å². The topological polar surface area (TPSA) is 105 Å². The summed E-state index contributed by atoms with van der Waals surface area (Å²) in [5.74, 6) is -0.204. The second kappa shape index (κ2) is 12.9. The molecule has 4 N–H and O–H groups in total. The highest BCUT2D eigenvalue weighted by molar-refractivity contribution is 7.79. The van der Waals surface area contributed by atoms with Gasteiger partial charge in [0.15, 0.2) is 4.90 Å². The number of nitrogens with zero attached hydrogens (tertiary/aromatic N) is 1. The van der Waals surface area contributed by atoms with Gasteiger partial charge in [-0.15, -0.1) is 0 Å². The summed E-state index contributed by atoms with van der Waals surface area (Å²) in [5.41, 5.74) is 10.7. The van der Waals surface area contributed by atoms with Crippen LogP contribution in [0.3, 0.4) is 0 Å². The molecule has 1 unspecified atom stereocenters. The average molecular weight is 509 g/mol. The summed E-state index contributed by atoms with van der Waals surface area (Å²) in [4.78, 5) is 15.2. The molecule has 36 heavy (non-hydrogen) atoms. The number of hydrogen-bond donors (Lipinski definition) is 3. The minimum absolute atomic E-state index is 0.204. The molecular formula is C28H34N3O4S+. The first-order valence-corrected chi connectivity index (χ1v) is 13.5. The molecule has 1 atom stereocenters. The Bertz CT molecular complexity index is 1160. The summed E-state index contributed by atoms with van der Waals surface area (Å²) in [7, 11) is 0. The van der Waals surface area contributed by atoms with Gasteiger partial charge in [0.1, 0.15) is 0 Å². The molecule has 8 heteroatoms. The summed E-state index contributed by atoms with van der Waals surface area (Å²) < 4.78 is 25.2. The first kappa shape index (κ1) is 26.2. The Morgan fingerprint density at radius 1 is 1.00 bits per heavy atom. The zero-order chi connectivity index (χ0) is 25.3. The maximum atomic E-state index is 12.4. The molecule has 0 radical (unpaired) electrons. The molecule has 0 bridgehead atoms. The van der Waals surface area contributed by atoms with E-state index in [0.717, 1.165) is 52.1 Å². The third-order valence-corrected chi connectivity index (χ3v) is 7.18. The van der Waals surface area contributed by atoms with Crippen molar-refractivity contribution in [3.05, 3.63) is 95.1 Å². The van der Waals surface area contributed by atoms with E-state index in [-0.39, 0.29) is 5.91 Å². The van der Waals surface area contributed by atoms with E-state index in [2.05, 4.69) is 34.5 Å². The molecule has 2 aliphatic heterocycles. The van der Waals surface area contributed by atoms with Crippen molar-refractivity contribution in [1.29, 1.82) is 0 Å². The van der Waals surface area contributed by atoms with Crippen molar-refractivity contribution in [2.45, 2.75) is 43.3 Å². The van der Waals surface area contributed by atoms with Crippen LogP contribution in [0, 0.1) is 0 Å². The Morgan fingerprint density at radius 3 is 2.28 bits per heavy atom. The molecule has 7 nitrogen and oxygen atoms in total. The van der Waals surface area contributed by atoms with Crippen LogP contribution in [0.1, 0.15) is 39.9 Å². The van der Waals surface area contributed by atoms with Gasteiger partial charge >= 0.3 is 0 Å². The minimum Gasteiger partial charge on any atom is -0.381 e. The van der Waals surface area contributed by atoms with Gasteiger partial charge in [0.2, 0.25) is 11.1 Å². The summed E-state index contributed by atoms with van der Waals surface area (Å²) in [6.45, 7) is 4.57. The zero-order valence-corrected chi connectivity index (χ0v) is 21.2. The third-order valence-electron chi connectivity index (χ3n) is 6.44. The quantitative estimate of drug-likeness (QED) is 0.353. The lowest BCUT2D eigenvalue weighted by molar-refractivity contribution is 0.0866. The lowest BCUT2D eigenvalue weighted by atomic mass is 9.99. The highest BCUT2D eigenvalue weighted by Crippen LogP contribution is 2.20. The van der Waals surface area contributed by atoms with Crippen molar-refractivity contribution in [3.63, 3.8) is 0 Å². The van der Waals surface area contributed by atoms with E-state index in [1.54, 1.807) is 12.1 Å². The molecule has 0 aliphatic carbocycles. The fraction of sp³-hybridized carbons (Fsp3) is 0.321. The molecule has 190 valence electrons. The molecule has 5 rings (SSSR count). The number of nitrogens with two attached hydrogens (primary N) is 1. The SMILES string of the molecule is NC1CCOCC1.O=C(Nc1ccc([SH+](=O)O)cc1)c1ccc(CN2CCc3ccccc3C2)cc1. The average Bonchev–Trinajstić information content (AvgIpc) is 2.90. The van der Waals surface area contributed by atoms with Crippen LogP contribution in [0.15, 0.2) is 77.7 Å². The van der Waals surface area contributed by atoms with Crippen molar-refractivity contribution in [3.8, 4) is 0 Å². The lowest BCUT2D eigenvalue weighted by Crippen LogP contribution is -2.29. The van der Waals surface area contributed by atoms with Gasteiger partial charge in [-0.3, -0.25) is 9.69 Å². The standard InChI is InChI=1S/C23H22N2O3S.C5H11NO/c26-23(24-21-9-11-22(12-10-21)29(27)28)19-7-5-17(6-8-19)15-25-14-13-18-3-1-2-4-20(18)16-25;6-5-1-3-7-4-2-5/h1-12H,13-16H2,(H,24,26)(H,27,28);5H,1-4,6H2/p+1. The summed E-state index contributed by atoms with van der Waals surface area (Å²) >= 11 is -2.36. The zero-order valence-electron chi connectivity index (χ0n) is 20.3. The number of nitrogens with one attached hydrogen (secondary N) is 1. The van der Waals surface area contributed by atoms with Crippen molar-refractivity contribution >= 4 is 22.7 Å². The lowest BCUT2D eigenvalue weighted by Gasteiger charge is -2.28. The largest absolute Gasteiger partial charge is 0.381 e. The molecule has 0 saturated carbocycles. The number of benzene rings is 3. The smallest absolute Gasteiger partial charge is 0.255 e. The van der Waals surface area contributed by atoms with E-state index >= 15 is 0 Å². The highest BCUT2D eigenvalue weighted by Gasteiger charge is 2.16. The van der Waals surface area contributed by atoms with E-state index in [4.69, 9.17) is 15.0 Å². The van der Waals surface area contributed by atoms with Gasteiger partial charge < -0.3 is 15.8 Å². The minimum atomic E-state index is -2.36. The molecule has 0 spiro atoms. The van der Waals surface area contributed by atoms with Crippen molar-refractivity contribution < 1.29 is 18.3 Å². The van der Waals surface area contributed by atoms with E-state index in [1.807, 2.05) is 24.3 Å². The number of rotatable bonds is 5. The van der Waals surface area contributed by atoms with Crippen molar-refractivity contribution in [2.24, 2.45) is 5.73 Å². The van der Waals surface area contributed by atoms with Crippen LogP contribution >= 0.6 is 0 Å². The molecule has 2 heterocycles. The number of thiol groups is 1. The maximum absolute atomic E-state index is 12.4. The number of carbonyl (C=O) groups is 1. The van der Waals surface area contributed by atoms with Crippen LogP contribution in [0.4, 0.5) is 5.69 Å². The van der Waals surface area contributed by atoms with Gasteiger partial charge in [0, 0.05) is 50.1 Å². The van der Waals surface area contributed by atoms with E-state index in [1.165, 1.54) is 28.8 Å². The molecule has 2 aliphatic rings. The molecule has 1 fully saturated rings. The van der Waals surface area contributed by atoms with Crippen LogP contribution in [0.25, 0.3) is 0 Å². The summed E-state index contributed by atoms with van der Waals surface area (Å²) in [6.07, 6.45) is 3.15. The van der Waals surface area contributed by atoms with Gasteiger partial charge in [-0.1, -0.05) is 40.6 Å². The number of ether oxygens (including phenoxy) is 1. The van der Waals surface area contributed by atoms with Crippen LogP contribution in [0.5, 0.6) is 0 Å². The van der Waals surface area contributed by atoms with Gasteiger partial charge in [-0.05, 0) is 72.4 Å². The fourth-order valence-corrected chi connectivity index (χ4v) is 4.70. The van der Waals surface area contributed by atoms with Gasteiger partial charge in [-0.25, -0.2) is 0 Å². The van der Waals surface area contributed by atoms with Crippen molar-refractivity contribution in [1.82, 2.24) is 4.90 Å². The van der Waals surface area contributed by atoms with Crippen LogP contribution < -0.4 is 11.1 Å². The van der Waals surface area contributed by atoms with Crippen LogP contribution in [0.2, 0.25) is 0 Å². The van der Waals surface area contributed by atoms with E-state index < -0.39 is 11.1 Å². The first-order chi connectivity index (χ1) is 17.5. The van der Waals surface area contributed by atoms with Crippen LogP contribution in [-0.2, 0) is 39.5 Å². The van der Waals surface area contributed by atoms with Gasteiger partial charge in [0.25, 0.3) is 5.91 Å².